The highest BCUT2D eigenvalue weighted by Crippen LogP contribution is 2.47. The molecule has 0 radical (unpaired) electrons. The fourth-order valence-corrected chi connectivity index (χ4v) is 3.19. The molecule has 1 aliphatic rings. The minimum atomic E-state index is -3.29. The van der Waals surface area contributed by atoms with Crippen molar-refractivity contribution < 1.29 is 13.2 Å². The van der Waals surface area contributed by atoms with Gasteiger partial charge < -0.3 is 5.32 Å². The molecule has 1 aliphatic carbocycles. The lowest BCUT2D eigenvalue weighted by Crippen LogP contribution is -2.34. The average Bonchev–Trinajstić information content (AvgIpc) is 3.09. The SMILES string of the molecule is C/C=C/C(=O)NC1(c2ccccc2S(C)(=O)=O)CC1. The standard InChI is InChI=1S/C14H17NO3S/c1-3-6-13(16)15-14(9-10-14)11-7-4-5-8-12(11)19(2,17)18/h3-8H,9-10H2,1-2H3,(H,15,16)/b6-3+. The second kappa shape index (κ2) is 4.81. The summed E-state index contributed by atoms with van der Waals surface area (Å²) >= 11 is 0. The smallest absolute Gasteiger partial charge is 0.244 e. The molecule has 0 aromatic heterocycles. The Hall–Kier alpha value is -1.62. The van der Waals surface area contributed by atoms with E-state index in [0.29, 0.717) is 10.5 Å². The van der Waals surface area contributed by atoms with Crippen molar-refractivity contribution >= 4 is 15.7 Å². The quantitative estimate of drug-likeness (QED) is 0.854. The molecule has 1 aromatic rings. The van der Waals surface area contributed by atoms with Crippen molar-refractivity contribution in [1.82, 2.24) is 5.32 Å². The van der Waals surface area contributed by atoms with Crippen molar-refractivity contribution in [1.29, 1.82) is 0 Å². The van der Waals surface area contributed by atoms with Crippen LogP contribution < -0.4 is 5.32 Å². The molecule has 0 saturated heterocycles. The first kappa shape index (κ1) is 13.8. The number of sulfone groups is 1. The zero-order chi connectivity index (χ0) is 14.1. The Bertz CT molecular complexity index is 628. The van der Waals surface area contributed by atoms with Crippen LogP contribution in [0.1, 0.15) is 25.3 Å². The van der Waals surface area contributed by atoms with Crippen LogP contribution in [-0.2, 0) is 20.2 Å². The maximum Gasteiger partial charge on any atom is 0.244 e. The Kier molecular flexibility index (Phi) is 3.49. The fourth-order valence-electron chi connectivity index (χ4n) is 2.20. The van der Waals surface area contributed by atoms with E-state index in [1.165, 1.54) is 12.3 Å². The first-order valence-corrected chi connectivity index (χ1v) is 8.03. The van der Waals surface area contributed by atoms with Gasteiger partial charge in [0.2, 0.25) is 5.91 Å². The van der Waals surface area contributed by atoms with E-state index in [2.05, 4.69) is 5.32 Å². The van der Waals surface area contributed by atoms with E-state index >= 15 is 0 Å². The molecule has 0 aliphatic heterocycles. The second-order valence-electron chi connectivity index (χ2n) is 4.84. The van der Waals surface area contributed by atoms with Gasteiger partial charge in [0.15, 0.2) is 9.84 Å². The largest absolute Gasteiger partial charge is 0.343 e. The average molecular weight is 279 g/mol. The Balaban J connectivity index is 2.40. The highest BCUT2D eigenvalue weighted by molar-refractivity contribution is 7.90. The predicted octanol–water partition coefficient (Wildman–Crippen LogP) is 1.77. The summed E-state index contributed by atoms with van der Waals surface area (Å²) in [6, 6.07) is 6.86. The highest BCUT2D eigenvalue weighted by atomic mass is 32.2. The number of carbonyl (C=O) groups excluding carboxylic acids is 1. The van der Waals surface area contributed by atoms with Gasteiger partial charge in [0.1, 0.15) is 0 Å². The van der Waals surface area contributed by atoms with Crippen LogP contribution >= 0.6 is 0 Å². The zero-order valence-corrected chi connectivity index (χ0v) is 11.8. The summed E-state index contributed by atoms with van der Waals surface area (Å²) in [5.74, 6) is -0.191. The molecule has 4 nitrogen and oxygen atoms in total. The molecule has 0 heterocycles. The number of allylic oxidation sites excluding steroid dienone is 1. The van der Waals surface area contributed by atoms with E-state index in [9.17, 15) is 13.2 Å². The van der Waals surface area contributed by atoms with E-state index in [1.54, 1.807) is 37.3 Å². The molecule has 0 unspecified atom stereocenters. The molecule has 1 amide bonds. The Labute approximate surface area is 113 Å². The summed E-state index contributed by atoms with van der Waals surface area (Å²) in [7, 11) is -3.29. The van der Waals surface area contributed by atoms with Gasteiger partial charge in [-0.1, -0.05) is 24.3 Å². The minimum absolute atomic E-state index is 0.191. The molecule has 1 N–H and O–H groups in total. The molecule has 2 rings (SSSR count). The summed E-state index contributed by atoms with van der Waals surface area (Å²) in [5.41, 5.74) is 0.173. The van der Waals surface area contributed by atoms with Crippen molar-refractivity contribution in [2.24, 2.45) is 0 Å². The van der Waals surface area contributed by atoms with E-state index in [4.69, 9.17) is 0 Å². The van der Waals surface area contributed by atoms with E-state index < -0.39 is 15.4 Å². The van der Waals surface area contributed by atoms with Crippen LogP contribution in [-0.4, -0.2) is 20.6 Å². The molecule has 0 bridgehead atoms. The van der Waals surface area contributed by atoms with Gasteiger partial charge >= 0.3 is 0 Å². The second-order valence-corrected chi connectivity index (χ2v) is 6.82. The van der Waals surface area contributed by atoms with Gasteiger partial charge in [0, 0.05) is 6.26 Å². The maximum atomic E-state index is 11.8. The van der Waals surface area contributed by atoms with Gasteiger partial charge in [0.05, 0.1) is 10.4 Å². The van der Waals surface area contributed by atoms with Crippen molar-refractivity contribution in [3.63, 3.8) is 0 Å². The zero-order valence-electron chi connectivity index (χ0n) is 11.0. The normalized spacial score (nSPS) is 17.4. The van der Waals surface area contributed by atoms with Gasteiger partial charge in [-0.15, -0.1) is 0 Å². The number of carbonyl (C=O) groups is 1. The van der Waals surface area contributed by atoms with Crippen molar-refractivity contribution in [2.45, 2.75) is 30.2 Å². The summed E-state index contributed by atoms with van der Waals surface area (Å²) in [6.45, 7) is 1.77. The van der Waals surface area contributed by atoms with E-state index in [1.807, 2.05) is 0 Å². The fraction of sp³-hybridized carbons (Fsp3) is 0.357. The van der Waals surface area contributed by atoms with Gasteiger partial charge in [-0.25, -0.2) is 8.42 Å². The minimum Gasteiger partial charge on any atom is -0.343 e. The number of benzene rings is 1. The molecule has 0 spiro atoms. The van der Waals surface area contributed by atoms with E-state index in [0.717, 1.165) is 12.8 Å². The number of nitrogens with one attached hydrogen (secondary N) is 1. The predicted molar refractivity (Wildman–Crippen MR) is 73.4 cm³/mol. The topological polar surface area (TPSA) is 63.2 Å². The van der Waals surface area contributed by atoms with Crippen LogP contribution in [0.15, 0.2) is 41.3 Å². The van der Waals surface area contributed by atoms with Crippen LogP contribution in [0.25, 0.3) is 0 Å². The molecule has 102 valence electrons. The first-order chi connectivity index (χ1) is 8.89. The van der Waals surface area contributed by atoms with Crippen LogP contribution in [0, 0.1) is 0 Å². The lowest BCUT2D eigenvalue weighted by atomic mass is 10.0. The van der Waals surface area contributed by atoms with Gasteiger partial charge in [-0.05, 0) is 37.5 Å². The van der Waals surface area contributed by atoms with Crippen LogP contribution in [0.3, 0.4) is 0 Å². The summed E-state index contributed by atoms with van der Waals surface area (Å²) in [6.07, 6.45) is 5.83. The molecule has 19 heavy (non-hydrogen) atoms. The van der Waals surface area contributed by atoms with E-state index in [-0.39, 0.29) is 5.91 Å². The molecule has 5 heteroatoms. The summed E-state index contributed by atoms with van der Waals surface area (Å²) in [5, 5.41) is 2.91. The Morgan fingerprint density at radius 2 is 1.95 bits per heavy atom. The molecular formula is C14H17NO3S. The number of hydrogen-bond acceptors (Lipinski definition) is 3. The van der Waals surface area contributed by atoms with Crippen LogP contribution in [0.4, 0.5) is 0 Å². The molecule has 1 saturated carbocycles. The number of hydrogen-bond donors (Lipinski definition) is 1. The summed E-state index contributed by atoms with van der Waals surface area (Å²) < 4.78 is 23.6. The molecule has 1 aromatic carbocycles. The van der Waals surface area contributed by atoms with Gasteiger partial charge in [0.25, 0.3) is 0 Å². The Morgan fingerprint density at radius 1 is 1.32 bits per heavy atom. The highest BCUT2D eigenvalue weighted by Gasteiger charge is 2.47. The van der Waals surface area contributed by atoms with Crippen molar-refractivity contribution in [3.05, 3.63) is 42.0 Å². The monoisotopic (exact) mass is 279 g/mol. The molecule has 1 fully saturated rings. The van der Waals surface area contributed by atoms with Crippen LogP contribution in [0.2, 0.25) is 0 Å². The van der Waals surface area contributed by atoms with Crippen LogP contribution in [0.5, 0.6) is 0 Å². The lowest BCUT2D eigenvalue weighted by molar-refractivity contribution is -0.117. The van der Waals surface area contributed by atoms with Gasteiger partial charge in [-0.2, -0.15) is 0 Å². The maximum absolute atomic E-state index is 11.8. The van der Waals surface area contributed by atoms with Crippen molar-refractivity contribution in [3.8, 4) is 0 Å². The number of amides is 1. The molecule has 0 atom stereocenters. The lowest BCUT2D eigenvalue weighted by Gasteiger charge is -2.19. The summed E-state index contributed by atoms with van der Waals surface area (Å²) in [4.78, 5) is 12.0. The third-order valence-electron chi connectivity index (χ3n) is 3.23. The first-order valence-electron chi connectivity index (χ1n) is 6.13. The third-order valence-corrected chi connectivity index (χ3v) is 4.39. The number of rotatable bonds is 4. The van der Waals surface area contributed by atoms with Gasteiger partial charge in [-0.3, -0.25) is 4.79 Å². The Morgan fingerprint density at radius 3 is 2.47 bits per heavy atom. The van der Waals surface area contributed by atoms with Crippen molar-refractivity contribution in [2.75, 3.05) is 6.26 Å². The molecular weight excluding hydrogens is 262 g/mol. The third kappa shape index (κ3) is 2.87.